The Hall–Kier alpha value is 0.280. The summed E-state index contributed by atoms with van der Waals surface area (Å²) in [6, 6.07) is 7.90. The van der Waals surface area contributed by atoms with Crippen molar-refractivity contribution in [2.45, 2.75) is 19.3 Å². The molecule has 1 rings (SSSR count). The SMILES string of the molecule is ICCCCOc1ccc(OCCCI)cc1. The van der Waals surface area contributed by atoms with Crippen LogP contribution in [0.15, 0.2) is 24.3 Å². The summed E-state index contributed by atoms with van der Waals surface area (Å²) in [6.07, 6.45) is 3.43. The molecule has 0 radical (unpaired) electrons. The molecule has 0 aliphatic carbocycles. The molecule has 0 aliphatic heterocycles. The summed E-state index contributed by atoms with van der Waals surface area (Å²) in [5, 5.41) is 0. The summed E-state index contributed by atoms with van der Waals surface area (Å²) < 4.78 is 13.5. The van der Waals surface area contributed by atoms with Crippen molar-refractivity contribution in [1.82, 2.24) is 0 Å². The van der Waals surface area contributed by atoms with E-state index in [9.17, 15) is 0 Å². The Morgan fingerprint density at radius 1 is 0.706 bits per heavy atom. The quantitative estimate of drug-likeness (QED) is 0.308. The van der Waals surface area contributed by atoms with Crippen LogP contribution in [0.5, 0.6) is 11.5 Å². The Labute approximate surface area is 131 Å². The van der Waals surface area contributed by atoms with E-state index in [1.54, 1.807) is 0 Å². The lowest BCUT2D eigenvalue weighted by atomic mass is 10.3. The molecule has 4 heteroatoms. The van der Waals surface area contributed by atoms with Crippen LogP contribution in [0.25, 0.3) is 0 Å². The molecule has 2 nitrogen and oxygen atoms in total. The smallest absolute Gasteiger partial charge is 0.119 e. The van der Waals surface area contributed by atoms with Crippen molar-refractivity contribution >= 4 is 45.2 Å². The van der Waals surface area contributed by atoms with Crippen molar-refractivity contribution in [3.8, 4) is 11.5 Å². The van der Waals surface area contributed by atoms with E-state index in [0.29, 0.717) is 0 Å². The summed E-state index contributed by atoms with van der Waals surface area (Å²) in [6.45, 7) is 1.59. The van der Waals surface area contributed by atoms with Crippen molar-refractivity contribution in [3.05, 3.63) is 24.3 Å². The molecule has 17 heavy (non-hydrogen) atoms. The van der Waals surface area contributed by atoms with Gasteiger partial charge in [-0.25, -0.2) is 0 Å². The Balaban J connectivity index is 2.24. The number of hydrogen-bond acceptors (Lipinski definition) is 2. The molecule has 96 valence electrons. The zero-order valence-corrected chi connectivity index (χ0v) is 14.1. The zero-order chi connectivity index (χ0) is 12.3. The predicted molar refractivity (Wildman–Crippen MR) is 89.1 cm³/mol. The first-order valence-electron chi connectivity index (χ1n) is 5.84. The van der Waals surface area contributed by atoms with Gasteiger partial charge in [-0.05, 0) is 48.0 Å². The highest BCUT2D eigenvalue weighted by molar-refractivity contribution is 14.1. The monoisotopic (exact) mass is 460 g/mol. The molecule has 0 saturated heterocycles. The Kier molecular flexibility index (Phi) is 9.23. The number of hydrogen-bond donors (Lipinski definition) is 0. The van der Waals surface area contributed by atoms with E-state index >= 15 is 0 Å². The summed E-state index contributed by atoms with van der Waals surface area (Å²) in [4.78, 5) is 0. The molecule has 1 aromatic carbocycles. The lowest BCUT2D eigenvalue weighted by Crippen LogP contribution is -1.99. The topological polar surface area (TPSA) is 18.5 Å². The van der Waals surface area contributed by atoms with Gasteiger partial charge in [0.25, 0.3) is 0 Å². The maximum Gasteiger partial charge on any atom is 0.119 e. The van der Waals surface area contributed by atoms with Gasteiger partial charge in [0.05, 0.1) is 13.2 Å². The lowest BCUT2D eigenvalue weighted by Gasteiger charge is -2.08. The highest BCUT2D eigenvalue weighted by Crippen LogP contribution is 2.18. The minimum Gasteiger partial charge on any atom is -0.494 e. The van der Waals surface area contributed by atoms with Crippen LogP contribution in [0.2, 0.25) is 0 Å². The highest BCUT2D eigenvalue weighted by Gasteiger charge is 1.96. The molecule has 0 saturated carbocycles. The molecule has 0 heterocycles. The fourth-order valence-electron chi connectivity index (χ4n) is 1.26. The third-order valence-electron chi connectivity index (χ3n) is 2.17. The number of halogens is 2. The van der Waals surface area contributed by atoms with Crippen LogP contribution < -0.4 is 9.47 Å². The van der Waals surface area contributed by atoms with Crippen LogP contribution in [0.3, 0.4) is 0 Å². The second kappa shape index (κ2) is 10.2. The molecule has 0 spiro atoms. The van der Waals surface area contributed by atoms with E-state index in [0.717, 1.165) is 42.0 Å². The Morgan fingerprint density at radius 3 is 1.65 bits per heavy atom. The van der Waals surface area contributed by atoms with E-state index < -0.39 is 0 Å². The molecule has 0 atom stereocenters. The molecule has 0 unspecified atom stereocenters. The molecule has 1 aromatic rings. The molecule has 0 aliphatic rings. The van der Waals surface area contributed by atoms with Gasteiger partial charge in [-0.2, -0.15) is 0 Å². The maximum absolute atomic E-state index is 5.63. The van der Waals surface area contributed by atoms with Gasteiger partial charge in [0.15, 0.2) is 0 Å². The average molecular weight is 460 g/mol. The third kappa shape index (κ3) is 7.33. The lowest BCUT2D eigenvalue weighted by molar-refractivity contribution is 0.305. The van der Waals surface area contributed by atoms with E-state index in [1.807, 2.05) is 24.3 Å². The number of ether oxygens (including phenoxy) is 2. The van der Waals surface area contributed by atoms with Crippen LogP contribution in [0, 0.1) is 0 Å². The van der Waals surface area contributed by atoms with Crippen molar-refractivity contribution in [2.75, 3.05) is 22.1 Å². The molecule has 0 bridgehead atoms. The van der Waals surface area contributed by atoms with Crippen molar-refractivity contribution in [3.63, 3.8) is 0 Å². The van der Waals surface area contributed by atoms with Gasteiger partial charge in [-0.15, -0.1) is 0 Å². The van der Waals surface area contributed by atoms with Gasteiger partial charge < -0.3 is 9.47 Å². The molecule has 0 amide bonds. The average Bonchev–Trinajstić information content (AvgIpc) is 2.37. The Bertz CT molecular complexity index is 288. The number of rotatable bonds is 9. The van der Waals surface area contributed by atoms with Gasteiger partial charge in [-0.1, -0.05) is 45.2 Å². The maximum atomic E-state index is 5.63. The van der Waals surface area contributed by atoms with Gasteiger partial charge in [-0.3, -0.25) is 0 Å². The molecule has 0 fully saturated rings. The van der Waals surface area contributed by atoms with Gasteiger partial charge >= 0.3 is 0 Å². The van der Waals surface area contributed by atoms with E-state index in [-0.39, 0.29) is 0 Å². The minimum atomic E-state index is 0.790. The van der Waals surface area contributed by atoms with Crippen LogP contribution in [0.4, 0.5) is 0 Å². The minimum absolute atomic E-state index is 0.790. The molecular weight excluding hydrogens is 442 g/mol. The zero-order valence-electron chi connectivity index (χ0n) is 9.83. The predicted octanol–water partition coefficient (Wildman–Crippen LogP) is 4.48. The fraction of sp³-hybridized carbons (Fsp3) is 0.538. The van der Waals surface area contributed by atoms with E-state index in [4.69, 9.17) is 9.47 Å². The summed E-state index contributed by atoms with van der Waals surface area (Å²) in [7, 11) is 0. The third-order valence-corrected chi connectivity index (χ3v) is 3.69. The van der Waals surface area contributed by atoms with Crippen LogP contribution >= 0.6 is 45.2 Å². The first kappa shape index (κ1) is 15.3. The molecule has 0 N–H and O–H groups in total. The number of benzene rings is 1. The van der Waals surface area contributed by atoms with E-state index in [2.05, 4.69) is 45.2 Å². The van der Waals surface area contributed by atoms with Crippen LogP contribution in [-0.4, -0.2) is 22.1 Å². The normalized spacial score (nSPS) is 10.2. The van der Waals surface area contributed by atoms with Crippen molar-refractivity contribution in [2.24, 2.45) is 0 Å². The largest absolute Gasteiger partial charge is 0.494 e. The number of unbranched alkanes of at least 4 members (excludes halogenated alkanes) is 1. The van der Waals surface area contributed by atoms with Crippen LogP contribution in [0.1, 0.15) is 19.3 Å². The first-order valence-corrected chi connectivity index (χ1v) is 8.89. The van der Waals surface area contributed by atoms with Gasteiger partial charge in [0, 0.05) is 4.43 Å². The standard InChI is InChI=1S/C13H18I2O2/c14-8-1-2-10-16-12-4-6-13(7-5-12)17-11-3-9-15/h4-7H,1-3,8-11H2. The van der Waals surface area contributed by atoms with Crippen LogP contribution in [-0.2, 0) is 0 Å². The van der Waals surface area contributed by atoms with Crippen molar-refractivity contribution < 1.29 is 9.47 Å². The molecule has 0 aromatic heterocycles. The van der Waals surface area contributed by atoms with E-state index in [1.165, 1.54) is 10.8 Å². The highest BCUT2D eigenvalue weighted by atomic mass is 127. The first-order chi connectivity index (χ1) is 8.36. The number of alkyl halides is 2. The second-order valence-corrected chi connectivity index (χ2v) is 5.76. The summed E-state index contributed by atoms with van der Waals surface area (Å²) >= 11 is 4.75. The fourth-order valence-corrected chi connectivity index (χ4v) is 2.11. The second-order valence-electron chi connectivity index (χ2n) is 3.61. The van der Waals surface area contributed by atoms with Gasteiger partial charge in [0.1, 0.15) is 11.5 Å². The van der Waals surface area contributed by atoms with Gasteiger partial charge in [0.2, 0.25) is 0 Å². The molecular formula is C13H18I2O2. The Morgan fingerprint density at radius 2 is 1.18 bits per heavy atom. The summed E-state index contributed by atoms with van der Waals surface area (Å²) in [5.74, 6) is 1.86. The van der Waals surface area contributed by atoms with Crippen molar-refractivity contribution in [1.29, 1.82) is 0 Å². The summed E-state index contributed by atoms with van der Waals surface area (Å²) in [5.41, 5.74) is 0.